The summed E-state index contributed by atoms with van der Waals surface area (Å²) in [5.41, 5.74) is 3.82. The minimum Gasteiger partial charge on any atom is -0.478 e. The first-order chi connectivity index (χ1) is 9.34. The average Bonchev–Trinajstić information content (AvgIpc) is 2.38. The van der Waals surface area contributed by atoms with Crippen molar-refractivity contribution in [3.05, 3.63) is 77.2 Å². The lowest BCUT2D eigenvalue weighted by Crippen LogP contribution is -2.24. The number of aromatic carboxylic acids is 1. The maximum atomic E-state index is 11.4. The van der Waals surface area contributed by atoms with Crippen molar-refractivity contribution in [2.24, 2.45) is 0 Å². The van der Waals surface area contributed by atoms with E-state index in [4.69, 9.17) is 0 Å². The lowest BCUT2D eigenvalue weighted by Gasteiger charge is -2.23. The molecule has 1 atom stereocenters. The van der Waals surface area contributed by atoms with Crippen molar-refractivity contribution in [3.8, 4) is 0 Å². The van der Waals surface area contributed by atoms with Gasteiger partial charge in [0.2, 0.25) is 0 Å². The first-order valence-corrected chi connectivity index (χ1v) is 6.60. The van der Waals surface area contributed by atoms with Gasteiger partial charge in [-0.3, -0.25) is 0 Å². The van der Waals surface area contributed by atoms with Crippen molar-refractivity contribution in [1.82, 2.24) is 0 Å². The summed E-state index contributed by atoms with van der Waals surface area (Å²) in [6, 6.07) is 13.2. The van der Waals surface area contributed by atoms with Gasteiger partial charge in [-0.2, -0.15) is 0 Å². The predicted octanol–water partition coefficient (Wildman–Crippen LogP) is 4.14. The number of carboxylic acids is 1. The second-order valence-electron chi connectivity index (χ2n) is 5.50. The van der Waals surface area contributed by atoms with Gasteiger partial charge in [0.15, 0.2) is 5.41 Å². The Labute approximate surface area is 120 Å². The van der Waals surface area contributed by atoms with E-state index in [0.717, 1.165) is 16.7 Å². The van der Waals surface area contributed by atoms with Crippen LogP contribution >= 0.6 is 0 Å². The van der Waals surface area contributed by atoms with Gasteiger partial charge >= 0.3 is 5.97 Å². The zero-order valence-corrected chi connectivity index (χ0v) is 12.1. The quantitative estimate of drug-likeness (QED) is 0.848. The first-order valence-electron chi connectivity index (χ1n) is 6.60. The molecule has 102 valence electrons. The Morgan fingerprint density at radius 3 is 2.35 bits per heavy atom. The molecule has 0 saturated carbocycles. The Morgan fingerprint density at radius 1 is 1.10 bits per heavy atom. The van der Waals surface area contributed by atoms with Crippen molar-refractivity contribution in [3.63, 3.8) is 0 Å². The molecule has 0 saturated heterocycles. The molecule has 0 radical (unpaired) electrons. The number of hydrogen-bond donors (Lipinski definition) is 1. The highest BCUT2D eigenvalue weighted by Gasteiger charge is 2.35. The zero-order chi connectivity index (χ0) is 14.9. The Hall–Kier alpha value is -2.22. The Balaban J connectivity index is 2.63. The fourth-order valence-electron chi connectivity index (χ4n) is 2.73. The summed E-state index contributed by atoms with van der Waals surface area (Å²) in [4.78, 5) is 11.4. The largest absolute Gasteiger partial charge is 0.478 e. The SMILES string of the molecule is [CH2+]C(C)(c1ccc(C)cc1C)c1ccccc1C(=O)O. The molecule has 0 aliphatic carbocycles. The van der Waals surface area contributed by atoms with Crippen LogP contribution in [0.3, 0.4) is 0 Å². The molecule has 2 rings (SSSR count). The van der Waals surface area contributed by atoms with Gasteiger partial charge in [-0.15, -0.1) is 0 Å². The second-order valence-corrected chi connectivity index (χ2v) is 5.50. The smallest absolute Gasteiger partial charge is 0.336 e. The van der Waals surface area contributed by atoms with Crippen molar-refractivity contribution in [1.29, 1.82) is 0 Å². The minimum absolute atomic E-state index is 0.310. The van der Waals surface area contributed by atoms with Gasteiger partial charge in [0.25, 0.3) is 0 Å². The molecule has 0 aromatic heterocycles. The molecule has 0 fully saturated rings. The lowest BCUT2D eigenvalue weighted by atomic mass is 9.74. The molecule has 0 heterocycles. The van der Waals surface area contributed by atoms with Crippen LogP contribution in [0.25, 0.3) is 0 Å². The summed E-state index contributed by atoms with van der Waals surface area (Å²) in [7, 11) is 0. The van der Waals surface area contributed by atoms with Crippen molar-refractivity contribution in [2.75, 3.05) is 0 Å². The Morgan fingerprint density at radius 2 is 1.75 bits per heavy atom. The second kappa shape index (κ2) is 5.04. The molecule has 2 aromatic rings. The summed E-state index contributed by atoms with van der Waals surface area (Å²) >= 11 is 0. The van der Waals surface area contributed by atoms with Gasteiger partial charge in [0.05, 0.1) is 12.5 Å². The highest BCUT2D eigenvalue weighted by Crippen LogP contribution is 2.35. The lowest BCUT2D eigenvalue weighted by molar-refractivity contribution is 0.0694. The molecule has 1 unspecified atom stereocenters. The molecule has 2 aromatic carbocycles. The molecule has 0 bridgehead atoms. The Kier molecular flexibility index (Phi) is 3.58. The number of hydrogen-bond acceptors (Lipinski definition) is 1. The van der Waals surface area contributed by atoms with Crippen LogP contribution in [0, 0.1) is 20.8 Å². The standard InChI is InChI=1S/C18H18O2/c1-12-9-10-15(13(2)11-12)18(3,4)16-8-6-5-7-14(16)17(19)20/h5-11H,3H2,1-2,4H3/p+1. The third-order valence-corrected chi connectivity index (χ3v) is 3.73. The minimum atomic E-state index is -0.916. The maximum Gasteiger partial charge on any atom is 0.336 e. The molecule has 2 heteroatoms. The molecule has 0 spiro atoms. The highest BCUT2D eigenvalue weighted by molar-refractivity contribution is 5.90. The van der Waals surface area contributed by atoms with E-state index in [0.29, 0.717) is 5.56 Å². The number of rotatable bonds is 3. The third-order valence-electron chi connectivity index (χ3n) is 3.73. The van der Waals surface area contributed by atoms with Crippen LogP contribution in [0.1, 0.15) is 39.5 Å². The van der Waals surface area contributed by atoms with Gasteiger partial charge in [-0.25, -0.2) is 4.79 Å². The fraction of sp³-hybridized carbons (Fsp3) is 0.222. The van der Waals surface area contributed by atoms with Crippen LogP contribution < -0.4 is 0 Å². The van der Waals surface area contributed by atoms with E-state index in [1.807, 2.05) is 45.0 Å². The summed E-state index contributed by atoms with van der Waals surface area (Å²) in [6.07, 6.45) is 0. The van der Waals surface area contributed by atoms with E-state index < -0.39 is 11.4 Å². The molecule has 1 N–H and O–H groups in total. The molecule has 0 aliphatic rings. The zero-order valence-electron chi connectivity index (χ0n) is 12.1. The normalized spacial score (nSPS) is 13.8. The van der Waals surface area contributed by atoms with Gasteiger partial charge in [0, 0.05) is 11.1 Å². The maximum absolute atomic E-state index is 11.4. The summed E-state index contributed by atoms with van der Waals surface area (Å²) in [5.74, 6) is -0.916. The first kappa shape index (κ1) is 14.2. The fourth-order valence-corrected chi connectivity index (χ4v) is 2.73. The topological polar surface area (TPSA) is 37.3 Å². The van der Waals surface area contributed by atoms with E-state index in [1.54, 1.807) is 12.1 Å². The number of carboxylic acid groups (broad SMARTS) is 1. The van der Waals surface area contributed by atoms with Gasteiger partial charge in [0.1, 0.15) is 0 Å². The van der Waals surface area contributed by atoms with E-state index in [-0.39, 0.29) is 0 Å². The van der Waals surface area contributed by atoms with Crippen molar-refractivity contribution >= 4 is 5.97 Å². The van der Waals surface area contributed by atoms with E-state index in [9.17, 15) is 9.90 Å². The number of aryl methyl sites for hydroxylation is 2. The summed E-state index contributed by atoms with van der Waals surface area (Å²) < 4.78 is 0. The monoisotopic (exact) mass is 267 g/mol. The van der Waals surface area contributed by atoms with E-state index >= 15 is 0 Å². The highest BCUT2D eigenvalue weighted by atomic mass is 16.4. The van der Waals surface area contributed by atoms with Gasteiger partial charge < -0.3 is 5.11 Å². The molecule has 2 nitrogen and oxygen atoms in total. The average molecular weight is 267 g/mol. The van der Waals surface area contributed by atoms with Gasteiger partial charge in [-0.1, -0.05) is 42.0 Å². The predicted molar refractivity (Wildman–Crippen MR) is 81.1 cm³/mol. The van der Waals surface area contributed by atoms with Crippen molar-refractivity contribution < 1.29 is 9.90 Å². The number of carbonyl (C=O) groups is 1. The molecular formula is C18H19O2+. The molecular weight excluding hydrogens is 248 g/mol. The Bertz CT molecular complexity index is 654. The van der Waals surface area contributed by atoms with Crippen LogP contribution in [0.5, 0.6) is 0 Å². The molecule has 20 heavy (non-hydrogen) atoms. The third kappa shape index (κ3) is 2.42. The molecule has 0 aliphatic heterocycles. The summed E-state index contributed by atoms with van der Waals surface area (Å²) in [5, 5.41) is 9.36. The van der Waals surface area contributed by atoms with Crippen LogP contribution in [-0.4, -0.2) is 11.1 Å². The summed E-state index contributed by atoms with van der Waals surface area (Å²) in [6.45, 7) is 10.3. The van der Waals surface area contributed by atoms with Crippen LogP contribution in [0.4, 0.5) is 0 Å². The van der Waals surface area contributed by atoms with Crippen molar-refractivity contribution in [2.45, 2.75) is 26.2 Å². The van der Waals surface area contributed by atoms with Crippen LogP contribution in [-0.2, 0) is 5.41 Å². The van der Waals surface area contributed by atoms with Crippen LogP contribution in [0.2, 0.25) is 0 Å². The van der Waals surface area contributed by atoms with Crippen LogP contribution in [0.15, 0.2) is 42.5 Å². The van der Waals surface area contributed by atoms with E-state index in [1.165, 1.54) is 5.56 Å². The van der Waals surface area contributed by atoms with E-state index in [2.05, 4.69) is 13.0 Å². The van der Waals surface area contributed by atoms with Gasteiger partial charge in [-0.05, 0) is 32.4 Å². The number of benzene rings is 2. The molecule has 0 amide bonds.